The normalized spacial score (nSPS) is 11.1. The second-order valence-corrected chi connectivity index (χ2v) is 3.53. The Morgan fingerprint density at radius 2 is 1.85 bits per heavy atom. The Hall–Kier alpha value is -1.06. The number of hydrogen-bond acceptors (Lipinski definition) is 2. The van der Waals surface area contributed by atoms with Gasteiger partial charge < -0.3 is 10.0 Å². The molecule has 13 heavy (non-hydrogen) atoms. The van der Waals surface area contributed by atoms with Crippen LogP contribution >= 0.6 is 0 Å². The van der Waals surface area contributed by atoms with Crippen LogP contribution in [0.5, 0.6) is 0 Å². The maximum Gasteiger partial charge on any atom is 0.329 e. The summed E-state index contributed by atoms with van der Waals surface area (Å²) in [6.45, 7) is 6.85. The standard InChI is InChI=1S/C9H17NO3/c1-5-6-10(7(2)11)9(3,4)8(12)13/h5-6H2,1-4H3,(H,12,13). The lowest BCUT2D eigenvalue weighted by Gasteiger charge is -2.34. The summed E-state index contributed by atoms with van der Waals surface area (Å²) in [5.41, 5.74) is -1.11. The van der Waals surface area contributed by atoms with E-state index in [1.165, 1.54) is 25.7 Å². The third kappa shape index (κ3) is 2.72. The predicted molar refractivity (Wildman–Crippen MR) is 49.4 cm³/mol. The molecule has 0 fully saturated rings. The van der Waals surface area contributed by atoms with Crippen LogP contribution in [0.3, 0.4) is 0 Å². The Balaban J connectivity index is 4.71. The summed E-state index contributed by atoms with van der Waals surface area (Å²) in [6, 6.07) is 0. The molecule has 0 saturated heterocycles. The number of carboxylic acids is 1. The number of carbonyl (C=O) groups is 2. The first-order valence-electron chi connectivity index (χ1n) is 4.35. The molecule has 0 aliphatic rings. The highest BCUT2D eigenvalue weighted by Gasteiger charge is 2.35. The highest BCUT2D eigenvalue weighted by atomic mass is 16.4. The first-order valence-corrected chi connectivity index (χ1v) is 4.35. The van der Waals surface area contributed by atoms with E-state index < -0.39 is 11.5 Å². The fourth-order valence-electron chi connectivity index (χ4n) is 1.17. The van der Waals surface area contributed by atoms with Gasteiger partial charge in [0.05, 0.1) is 0 Å². The van der Waals surface area contributed by atoms with Gasteiger partial charge in [-0.1, -0.05) is 6.92 Å². The minimum absolute atomic E-state index is 0.200. The van der Waals surface area contributed by atoms with Crippen molar-refractivity contribution in [2.75, 3.05) is 6.54 Å². The number of nitrogens with zero attached hydrogens (tertiary/aromatic N) is 1. The van der Waals surface area contributed by atoms with Crippen LogP contribution in [-0.2, 0) is 9.59 Å². The van der Waals surface area contributed by atoms with Gasteiger partial charge in [0.2, 0.25) is 5.91 Å². The Kier molecular flexibility index (Phi) is 3.91. The number of carbonyl (C=O) groups excluding carboxylic acids is 1. The lowest BCUT2D eigenvalue weighted by Crippen LogP contribution is -2.52. The molecule has 0 aromatic rings. The smallest absolute Gasteiger partial charge is 0.329 e. The summed E-state index contributed by atoms with van der Waals surface area (Å²) in [7, 11) is 0. The first kappa shape index (κ1) is 11.9. The van der Waals surface area contributed by atoms with Gasteiger partial charge in [0.25, 0.3) is 0 Å². The minimum atomic E-state index is -1.11. The van der Waals surface area contributed by atoms with Crippen molar-refractivity contribution >= 4 is 11.9 Å². The van der Waals surface area contributed by atoms with Gasteiger partial charge in [0, 0.05) is 13.5 Å². The number of aliphatic carboxylic acids is 1. The fourth-order valence-corrected chi connectivity index (χ4v) is 1.17. The molecule has 1 amide bonds. The van der Waals surface area contributed by atoms with E-state index in [0.717, 1.165) is 6.42 Å². The third-order valence-electron chi connectivity index (χ3n) is 2.03. The topological polar surface area (TPSA) is 57.6 Å². The molecule has 76 valence electrons. The summed E-state index contributed by atoms with van der Waals surface area (Å²) in [5, 5.41) is 8.89. The monoisotopic (exact) mass is 187 g/mol. The number of carboxylic acid groups (broad SMARTS) is 1. The molecule has 0 heterocycles. The van der Waals surface area contributed by atoms with Gasteiger partial charge in [-0.2, -0.15) is 0 Å². The number of hydrogen-bond donors (Lipinski definition) is 1. The zero-order valence-electron chi connectivity index (χ0n) is 8.63. The maximum atomic E-state index is 11.1. The van der Waals surface area contributed by atoms with E-state index in [2.05, 4.69) is 0 Å². The van der Waals surface area contributed by atoms with Crippen molar-refractivity contribution in [3.63, 3.8) is 0 Å². The molecule has 0 unspecified atom stereocenters. The molecule has 0 bridgehead atoms. The average molecular weight is 187 g/mol. The molecule has 0 radical (unpaired) electrons. The molecule has 0 atom stereocenters. The van der Waals surface area contributed by atoms with Crippen molar-refractivity contribution < 1.29 is 14.7 Å². The van der Waals surface area contributed by atoms with Crippen LogP contribution in [0, 0.1) is 0 Å². The summed E-state index contributed by atoms with van der Waals surface area (Å²) in [5.74, 6) is -1.18. The van der Waals surface area contributed by atoms with Crippen molar-refractivity contribution in [2.45, 2.75) is 39.7 Å². The summed E-state index contributed by atoms with van der Waals surface area (Å²) in [4.78, 5) is 23.4. The van der Waals surface area contributed by atoms with Crippen LogP contribution in [0.4, 0.5) is 0 Å². The molecular weight excluding hydrogens is 170 g/mol. The SMILES string of the molecule is CCCN(C(C)=O)C(C)(C)C(=O)O. The third-order valence-corrected chi connectivity index (χ3v) is 2.03. The molecule has 0 rings (SSSR count). The summed E-state index contributed by atoms with van der Waals surface area (Å²) < 4.78 is 0. The first-order chi connectivity index (χ1) is 5.84. The van der Waals surface area contributed by atoms with Crippen molar-refractivity contribution in [1.82, 2.24) is 4.90 Å². The molecule has 0 saturated carbocycles. The molecule has 0 aromatic carbocycles. The minimum Gasteiger partial charge on any atom is -0.480 e. The lowest BCUT2D eigenvalue weighted by atomic mass is 10.0. The van der Waals surface area contributed by atoms with Crippen LogP contribution in [-0.4, -0.2) is 34.0 Å². The van der Waals surface area contributed by atoms with Crippen LogP contribution in [0.15, 0.2) is 0 Å². The van der Waals surface area contributed by atoms with Crippen LogP contribution < -0.4 is 0 Å². The molecule has 1 N–H and O–H groups in total. The second kappa shape index (κ2) is 4.25. The highest BCUT2D eigenvalue weighted by molar-refractivity contribution is 5.85. The van der Waals surface area contributed by atoms with Crippen molar-refractivity contribution in [3.8, 4) is 0 Å². The lowest BCUT2D eigenvalue weighted by molar-refractivity contribution is -0.156. The van der Waals surface area contributed by atoms with Crippen molar-refractivity contribution in [2.24, 2.45) is 0 Å². The van der Waals surface area contributed by atoms with Crippen molar-refractivity contribution in [1.29, 1.82) is 0 Å². The van der Waals surface area contributed by atoms with E-state index >= 15 is 0 Å². The van der Waals surface area contributed by atoms with E-state index in [-0.39, 0.29) is 5.91 Å². The Morgan fingerprint density at radius 1 is 1.38 bits per heavy atom. The van der Waals surface area contributed by atoms with Gasteiger partial charge in [-0.05, 0) is 20.3 Å². The van der Waals surface area contributed by atoms with Crippen LogP contribution in [0.25, 0.3) is 0 Å². The predicted octanol–water partition coefficient (Wildman–Crippen LogP) is 1.11. The summed E-state index contributed by atoms with van der Waals surface area (Å²) in [6.07, 6.45) is 0.760. The fraction of sp³-hybridized carbons (Fsp3) is 0.778. The van der Waals surface area contributed by atoms with E-state index in [4.69, 9.17) is 5.11 Å². The van der Waals surface area contributed by atoms with Gasteiger partial charge in [-0.25, -0.2) is 4.79 Å². The highest BCUT2D eigenvalue weighted by Crippen LogP contribution is 2.15. The van der Waals surface area contributed by atoms with E-state index in [1.54, 1.807) is 0 Å². The van der Waals surface area contributed by atoms with Gasteiger partial charge in [0.15, 0.2) is 0 Å². The summed E-state index contributed by atoms with van der Waals surface area (Å²) >= 11 is 0. The maximum absolute atomic E-state index is 11.1. The largest absolute Gasteiger partial charge is 0.480 e. The van der Waals surface area contributed by atoms with Gasteiger partial charge >= 0.3 is 5.97 Å². The van der Waals surface area contributed by atoms with E-state index in [0.29, 0.717) is 6.54 Å². The molecule has 0 aromatic heterocycles. The molecule has 0 aliphatic carbocycles. The van der Waals surface area contributed by atoms with Crippen molar-refractivity contribution in [3.05, 3.63) is 0 Å². The van der Waals surface area contributed by atoms with Crippen LogP contribution in [0.2, 0.25) is 0 Å². The number of rotatable bonds is 4. The quantitative estimate of drug-likeness (QED) is 0.717. The average Bonchev–Trinajstić information content (AvgIpc) is 1.98. The molecular formula is C9H17NO3. The second-order valence-electron chi connectivity index (χ2n) is 3.53. The van der Waals surface area contributed by atoms with Gasteiger partial charge in [0.1, 0.15) is 5.54 Å². The number of amides is 1. The Bertz CT molecular complexity index is 211. The molecule has 0 spiro atoms. The molecule has 4 heteroatoms. The van der Waals surface area contributed by atoms with E-state index in [9.17, 15) is 9.59 Å². The zero-order valence-corrected chi connectivity index (χ0v) is 8.63. The Morgan fingerprint density at radius 3 is 2.08 bits per heavy atom. The van der Waals surface area contributed by atoms with Crippen LogP contribution in [0.1, 0.15) is 34.1 Å². The van der Waals surface area contributed by atoms with Gasteiger partial charge in [-0.3, -0.25) is 4.79 Å². The molecule has 0 aliphatic heterocycles. The van der Waals surface area contributed by atoms with E-state index in [1.807, 2.05) is 6.92 Å². The Labute approximate surface area is 78.5 Å². The molecule has 4 nitrogen and oxygen atoms in total. The van der Waals surface area contributed by atoms with Gasteiger partial charge in [-0.15, -0.1) is 0 Å². The zero-order chi connectivity index (χ0) is 10.6.